The van der Waals surface area contributed by atoms with E-state index in [9.17, 15) is 13.2 Å². The van der Waals surface area contributed by atoms with Crippen LogP contribution in [0.4, 0.5) is 5.13 Å². The number of piperazine rings is 1. The number of anilines is 1. The Morgan fingerprint density at radius 2 is 1.81 bits per heavy atom. The molecule has 0 bridgehead atoms. The normalized spacial score (nSPS) is 14.9. The third-order valence-electron chi connectivity index (χ3n) is 5.51. The second kappa shape index (κ2) is 9.36. The molecular weight excluding hydrogens is 430 g/mol. The first-order valence-corrected chi connectivity index (χ1v) is 13.2. The minimum Gasteiger partial charge on any atom is -0.345 e. The number of hydrogen-bond donors (Lipinski definition) is 0. The van der Waals surface area contributed by atoms with Crippen molar-refractivity contribution in [1.82, 2.24) is 9.88 Å². The van der Waals surface area contributed by atoms with Crippen molar-refractivity contribution in [3.8, 4) is 0 Å². The molecule has 3 aromatic rings. The Balaban J connectivity index is 1.24. The highest BCUT2D eigenvalue weighted by atomic mass is 32.2. The van der Waals surface area contributed by atoms with Gasteiger partial charge in [0.1, 0.15) is 0 Å². The van der Waals surface area contributed by atoms with E-state index >= 15 is 0 Å². The third kappa shape index (κ3) is 5.62. The topological polar surface area (TPSA) is 70.6 Å². The summed E-state index contributed by atoms with van der Waals surface area (Å²) in [5, 5.41) is 1.000. The zero-order chi connectivity index (χ0) is 21.8. The van der Waals surface area contributed by atoms with Gasteiger partial charge in [0.2, 0.25) is 5.91 Å². The lowest BCUT2D eigenvalue weighted by atomic mass is 10.2. The number of fused-ring (bicyclic) bond motifs is 1. The molecule has 0 N–H and O–H groups in total. The van der Waals surface area contributed by atoms with Crippen molar-refractivity contribution in [1.29, 1.82) is 0 Å². The average molecular weight is 458 g/mol. The molecule has 1 fully saturated rings. The number of carbonyl (C=O) groups is 1. The van der Waals surface area contributed by atoms with Gasteiger partial charge in [-0.2, -0.15) is 0 Å². The summed E-state index contributed by atoms with van der Waals surface area (Å²) in [5.74, 6) is 0.107. The maximum atomic E-state index is 12.6. The first kappa shape index (κ1) is 21.8. The second-order valence-corrected chi connectivity index (χ2v) is 11.2. The van der Waals surface area contributed by atoms with Crippen LogP contribution in [-0.4, -0.2) is 56.1 Å². The van der Waals surface area contributed by atoms with E-state index in [0.717, 1.165) is 29.3 Å². The van der Waals surface area contributed by atoms with Crippen LogP contribution in [0.3, 0.4) is 0 Å². The summed E-state index contributed by atoms with van der Waals surface area (Å²) >= 11 is 1.69. The van der Waals surface area contributed by atoms with Crippen molar-refractivity contribution in [3.05, 3.63) is 59.7 Å². The van der Waals surface area contributed by atoms with Gasteiger partial charge in [0.25, 0.3) is 0 Å². The summed E-state index contributed by atoms with van der Waals surface area (Å²) in [6, 6.07) is 15.4. The van der Waals surface area contributed by atoms with Crippen LogP contribution in [-0.2, 0) is 20.4 Å². The summed E-state index contributed by atoms with van der Waals surface area (Å²) < 4.78 is 25.8. The van der Waals surface area contributed by atoms with Crippen LogP contribution in [0.1, 0.15) is 24.0 Å². The van der Waals surface area contributed by atoms with Crippen molar-refractivity contribution >= 4 is 42.4 Å². The standard InChI is InChI=1S/C23H27N3O3S2/c1-18-9-10-20-21(16-18)30-23(24-20)26-13-11-25(12-14-26)22(27)8-5-15-31(28,29)17-19-6-3-2-4-7-19/h2-4,6-7,9-10,16H,5,8,11-15,17H2,1H3. The number of rotatable bonds is 7. The molecule has 0 saturated carbocycles. The predicted octanol–water partition coefficient (Wildman–Crippen LogP) is 3.65. The summed E-state index contributed by atoms with van der Waals surface area (Å²) in [7, 11) is -3.21. The van der Waals surface area contributed by atoms with E-state index in [-0.39, 0.29) is 23.8 Å². The molecule has 0 radical (unpaired) electrons. The van der Waals surface area contributed by atoms with Crippen LogP contribution >= 0.6 is 11.3 Å². The Bertz CT molecular complexity index is 1150. The predicted molar refractivity (Wildman–Crippen MR) is 126 cm³/mol. The van der Waals surface area contributed by atoms with Gasteiger partial charge in [-0.1, -0.05) is 47.7 Å². The fourth-order valence-corrected chi connectivity index (χ4v) is 6.35. The number of aromatic nitrogens is 1. The zero-order valence-corrected chi connectivity index (χ0v) is 19.3. The van der Waals surface area contributed by atoms with Crippen LogP contribution in [0.25, 0.3) is 10.2 Å². The quantitative estimate of drug-likeness (QED) is 0.542. The molecule has 31 heavy (non-hydrogen) atoms. The van der Waals surface area contributed by atoms with E-state index in [4.69, 9.17) is 4.98 Å². The number of hydrogen-bond acceptors (Lipinski definition) is 6. The van der Waals surface area contributed by atoms with E-state index in [2.05, 4.69) is 30.0 Å². The van der Waals surface area contributed by atoms with Gasteiger partial charge >= 0.3 is 0 Å². The number of amides is 1. The highest BCUT2D eigenvalue weighted by Crippen LogP contribution is 2.30. The summed E-state index contributed by atoms with van der Waals surface area (Å²) in [5.41, 5.74) is 3.03. The smallest absolute Gasteiger partial charge is 0.222 e. The molecule has 2 heterocycles. The van der Waals surface area contributed by atoms with Crippen molar-refractivity contribution < 1.29 is 13.2 Å². The van der Waals surface area contributed by atoms with Crippen molar-refractivity contribution in [2.45, 2.75) is 25.5 Å². The molecule has 164 valence electrons. The fraction of sp³-hybridized carbons (Fsp3) is 0.391. The van der Waals surface area contributed by atoms with Crippen molar-refractivity contribution in [2.24, 2.45) is 0 Å². The molecule has 1 aliphatic rings. The van der Waals surface area contributed by atoms with E-state index in [1.54, 1.807) is 11.3 Å². The first-order valence-electron chi connectivity index (χ1n) is 10.5. The molecular formula is C23H27N3O3S2. The minimum atomic E-state index is -3.21. The number of carbonyl (C=O) groups excluding carboxylic acids is 1. The molecule has 4 rings (SSSR count). The Hall–Kier alpha value is -2.45. The Labute approximate surface area is 187 Å². The maximum Gasteiger partial charge on any atom is 0.222 e. The molecule has 8 heteroatoms. The van der Waals surface area contributed by atoms with Crippen molar-refractivity contribution in [3.63, 3.8) is 0 Å². The molecule has 0 spiro atoms. The van der Waals surface area contributed by atoms with Gasteiger partial charge in [-0.3, -0.25) is 4.79 Å². The zero-order valence-electron chi connectivity index (χ0n) is 17.7. The van der Waals surface area contributed by atoms with Gasteiger partial charge in [-0.25, -0.2) is 13.4 Å². The summed E-state index contributed by atoms with van der Waals surface area (Å²) in [4.78, 5) is 21.4. The van der Waals surface area contributed by atoms with E-state index in [1.807, 2.05) is 35.2 Å². The van der Waals surface area contributed by atoms with Gasteiger partial charge in [0.05, 0.1) is 21.7 Å². The highest BCUT2D eigenvalue weighted by Gasteiger charge is 2.23. The van der Waals surface area contributed by atoms with Crippen molar-refractivity contribution in [2.75, 3.05) is 36.8 Å². The van der Waals surface area contributed by atoms with Gasteiger partial charge in [-0.15, -0.1) is 0 Å². The molecule has 2 aromatic carbocycles. The van der Waals surface area contributed by atoms with E-state index in [1.165, 1.54) is 10.3 Å². The highest BCUT2D eigenvalue weighted by molar-refractivity contribution is 7.90. The minimum absolute atomic E-state index is 0.0302. The van der Waals surface area contributed by atoms with Crippen LogP contribution in [0, 0.1) is 6.92 Å². The lowest BCUT2D eigenvalue weighted by molar-refractivity contribution is -0.131. The van der Waals surface area contributed by atoms with Gasteiger partial charge < -0.3 is 9.80 Å². The van der Waals surface area contributed by atoms with Gasteiger partial charge in [0.15, 0.2) is 15.0 Å². The van der Waals surface area contributed by atoms with Gasteiger partial charge in [-0.05, 0) is 36.6 Å². The lowest BCUT2D eigenvalue weighted by Gasteiger charge is -2.34. The molecule has 0 unspecified atom stereocenters. The molecule has 1 aliphatic heterocycles. The number of nitrogens with zero attached hydrogens (tertiary/aromatic N) is 3. The van der Waals surface area contributed by atoms with E-state index < -0.39 is 9.84 Å². The van der Waals surface area contributed by atoms with E-state index in [0.29, 0.717) is 19.5 Å². The maximum absolute atomic E-state index is 12.6. The number of benzene rings is 2. The second-order valence-electron chi connectivity index (χ2n) is 8.02. The van der Waals surface area contributed by atoms with Gasteiger partial charge in [0, 0.05) is 32.6 Å². The number of thiazole rings is 1. The fourth-order valence-electron chi connectivity index (χ4n) is 3.80. The number of aryl methyl sites for hydroxylation is 1. The molecule has 6 nitrogen and oxygen atoms in total. The molecule has 1 saturated heterocycles. The van der Waals surface area contributed by atoms with Crippen LogP contribution in [0.2, 0.25) is 0 Å². The number of sulfone groups is 1. The molecule has 1 amide bonds. The summed E-state index contributed by atoms with van der Waals surface area (Å²) in [6.45, 7) is 4.86. The molecule has 0 aliphatic carbocycles. The first-order chi connectivity index (χ1) is 14.9. The summed E-state index contributed by atoms with van der Waals surface area (Å²) in [6.07, 6.45) is 0.639. The molecule has 0 atom stereocenters. The van der Waals surface area contributed by atoms with Crippen LogP contribution in [0.15, 0.2) is 48.5 Å². The molecule has 1 aromatic heterocycles. The Morgan fingerprint density at radius 3 is 2.55 bits per heavy atom. The van der Waals surface area contributed by atoms with Crippen LogP contribution < -0.4 is 4.90 Å². The average Bonchev–Trinajstić information content (AvgIpc) is 3.17. The SMILES string of the molecule is Cc1ccc2nc(N3CCN(C(=O)CCCS(=O)(=O)Cc4ccccc4)CC3)sc2c1. The third-order valence-corrected chi connectivity index (χ3v) is 8.27. The van der Waals surface area contributed by atoms with Crippen LogP contribution in [0.5, 0.6) is 0 Å². The Kier molecular flexibility index (Phi) is 6.57. The Morgan fingerprint density at radius 1 is 1.06 bits per heavy atom. The lowest BCUT2D eigenvalue weighted by Crippen LogP contribution is -2.48. The monoisotopic (exact) mass is 457 g/mol. The largest absolute Gasteiger partial charge is 0.345 e.